The van der Waals surface area contributed by atoms with Gasteiger partial charge in [-0.25, -0.2) is 0 Å². The van der Waals surface area contributed by atoms with Crippen LogP contribution >= 0.6 is 9.24 Å². The van der Waals surface area contributed by atoms with Crippen molar-refractivity contribution in [1.82, 2.24) is 0 Å². The van der Waals surface area contributed by atoms with E-state index in [-0.39, 0.29) is 0 Å². The number of rotatable bonds is 7. The molecule has 0 aliphatic rings. The average Bonchev–Trinajstić information content (AvgIpc) is 2.65. The molecule has 1 atom stereocenters. The Labute approximate surface area is 189 Å². The highest BCUT2D eigenvalue weighted by molar-refractivity contribution is 7.27. The molecule has 0 spiro atoms. The van der Waals surface area contributed by atoms with Crippen LogP contribution < -0.4 is 5.30 Å². The van der Waals surface area contributed by atoms with E-state index in [1.54, 1.807) is 22.3 Å². The van der Waals surface area contributed by atoms with Crippen molar-refractivity contribution >= 4 is 14.5 Å². The van der Waals surface area contributed by atoms with Crippen LogP contribution in [-0.4, -0.2) is 0 Å². The second-order valence-electron chi connectivity index (χ2n) is 10.2. The molecular weight excluding hydrogens is 379 g/mol. The smallest absolute Gasteiger partial charge is 0.0103 e. The molecule has 0 nitrogen and oxygen atoms in total. The van der Waals surface area contributed by atoms with Gasteiger partial charge in [0.05, 0.1) is 0 Å². The van der Waals surface area contributed by atoms with Crippen LogP contribution in [0.3, 0.4) is 0 Å². The van der Waals surface area contributed by atoms with E-state index >= 15 is 0 Å². The normalized spacial score (nSPS) is 12.0. The van der Waals surface area contributed by atoms with Gasteiger partial charge in [-0.2, -0.15) is 0 Å². The first-order valence-corrected chi connectivity index (χ1v) is 12.6. The van der Waals surface area contributed by atoms with Crippen LogP contribution in [0.4, 0.5) is 0 Å². The minimum absolute atomic E-state index is 0.490. The van der Waals surface area contributed by atoms with E-state index in [9.17, 15) is 0 Å². The van der Waals surface area contributed by atoms with Crippen LogP contribution in [0.1, 0.15) is 124 Å². The molecule has 0 saturated heterocycles. The predicted octanol–water partition coefficient (Wildman–Crippen LogP) is 8.80. The van der Waals surface area contributed by atoms with Gasteiger partial charge in [-0.3, -0.25) is 0 Å². The summed E-state index contributed by atoms with van der Waals surface area (Å²) in [6.07, 6.45) is 3.69. The fraction of sp³-hybridized carbons (Fsp3) is 0.586. The summed E-state index contributed by atoms with van der Waals surface area (Å²) in [5.74, 6) is 1.54. The van der Waals surface area contributed by atoms with Gasteiger partial charge in [0, 0.05) is 0 Å². The molecule has 30 heavy (non-hydrogen) atoms. The lowest BCUT2D eigenvalue weighted by Gasteiger charge is -2.32. The monoisotopic (exact) mass is 424 g/mol. The van der Waals surface area contributed by atoms with E-state index in [0.29, 0.717) is 17.8 Å². The van der Waals surface area contributed by atoms with Crippen molar-refractivity contribution in [2.24, 2.45) is 0 Å². The van der Waals surface area contributed by atoms with Crippen LogP contribution in [0.25, 0.3) is 11.1 Å². The summed E-state index contributed by atoms with van der Waals surface area (Å²) in [4.78, 5) is 0. The van der Waals surface area contributed by atoms with Gasteiger partial charge < -0.3 is 0 Å². The first-order valence-electron chi connectivity index (χ1n) is 12.0. The van der Waals surface area contributed by atoms with Gasteiger partial charge in [0.1, 0.15) is 0 Å². The van der Waals surface area contributed by atoms with E-state index in [0.717, 1.165) is 0 Å². The minimum atomic E-state index is 0.490. The zero-order valence-corrected chi connectivity index (χ0v) is 22.7. The van der Waals surface area contributed by atoms with Crippen molar-refractivity contribution in [3.63, 3.8) is 0 Å². The van der Waals surface area contributed by atoms with E-state index < -0.39 is 0 Å². The van der Waals surface area contributed by atoms with Gasteiger partial charge >= 0.3 is 0 Å². The Hall–Kier alpha value is -1.13. The van der Waals surface area contributed by atoms with Gasteiger partial charge in [-0.1, -0.05) is 61.0 Å². The van der Waals surface area contributed by atoms with Gasteiger partial charge in [-0.15, -0.1) is 9.24 Å². The van der Waals surface area contributed by atoms with Crippen LogP contribution in [0.2, 0.25) is 0 Å². The number of aryl methyl sites for hydroxylation is 1. The Kier molecular flexibility index (Phi) is 8.37. The van der Waals surface area contributed by atoms with E-state index in [2.05, 4.69) is 91.5 Å². The molecule has 0 bridgehead atoms. The predicted molar refractivity (Wildman–Crippen MR) is 141 cm³/mol. The maximum atomic E-state index is 3.17. The highest BCUT2D eigenvalue weighted by Gasteiger charge is 2.27. The number of unbranched alkanes of at least 4 members (excludes halogenated alkanes) is 1. The van der Waals surface area contributed by atoms with Crippen LogP contribution in [0, 0.1) is 27.7 Å². The summed E-state index contributed by atoms with van der Waals surface area (Å²) in [5, 5.41) is 1.46. The van der Waals surface area contributed by atoms with E-state index in [1.807, 2.05) is 0 Å². The van der Waals surface area contributed by atoms with Crippen LogP contribution in [0.5, 0.6) is 0 Å². The fourth-order valence-corrected chi connectivity index (χ4v) is 6.15. The summed E-state index contributed by atoms with van der Waals surface area (Å²) >= 11 is 0. The summed E-state index contributed by atoms with van der Waals surface area (Å²) in [6.45, 7) is 25.8. The molecule has 0 aliphatic heterocycles. The van der Waals surface area contributed by atoms with Gasteiger partial charge in [0.25, 0.3) is 0 Å². The zero-order valence-electron chi connectivity index (χ0n) is 21.5. The van der Waals surface area contributed by atoms with Crippen molar-refractivity contribution < 1.29 is 0 Å². The highest BCUT2D eigenvalue weighted by Crippen LogP contribution is 2.44. The van der Waals surface area contributed by atoms with E-state index in [1.165, 1.54) is 57.9 Å². The Morgan fingerprint density at radius 3 is 1.73 bits per heavy atom. The van der Waals surface area contributed by atoms with Gasteiger partial charge in [0.15, 0.2) is 0 Å². The van der Waals surface area contributed by atoms with Crippen molar-refractivity contribution in [2.75, 3.05) is 0 Å². The quantitative estimate of drug-likeness (QED) is 0.389. The third-order valence-electron chi connectivity index (χ3n) is 7.03. The molecule has 0 N–H and O–H groups in total. The lowest BCUT2D eigenvalue weighted by atomic mass is 9.75. The molecule has 1 unspecified atom stereocenters. The summed E-state index contributed by atoms with van der Waals surface area (Å²) in [6, 6.07) is 2.47. The lowest BCUT2D eigenvalue weighted by Crippen LogP contribution is -2.21. The molecule has 0 saturated carbocycles. The maximum Gasteiger partial charge on any atom is -0.0103 e. The molecule has 0 aliphatic carbocycles. The number of benzene rings is 2. The largest absolute Gasteiger partial charge is 0.105 e. The number of hydrogen-bond donors (Lipinski definition) is 0. The zero-order chi connectivity index (χ0) is 22.9. The van der Waals surface area contributed by atoms with Crippen molar-refractivity contribution in [3.8, 4) is 11.1 Å². The minimum Gasteiger partial charge on any atom is -0.105 e. The first kappa shape index (κ1) is 25.1. The molecule has 2 rings (SSSR count). The molecule has 0 radical (unpaired) electrons. The van der Waals surface area contributed by atoms with Crippen molar-refractivity contribution in [2.45, 2.75) is 113 Å². The maximum absolute atomic E-state index is 3.17. The summed E-state index contributed by atoms with van der Waals surface area (Å²) in [5.41, 5.74) is 15.1. The van der Waals surface area contributed by atoms with Gasteiger partial charge in [0.2, 0.25) is 0 Å². The second kappa shape index (κ2) is 9.99. The Morgan fingerprint density at radius 2 is 1.27 bits per heavy atom. The molecule has 2 aromatic carbocycles. The van der Waals surface area contributed by atoms with Crippen molar-refractivity contribution in [1.29, 1.82) is 0 Å². The third-order valence-corrected chi connectivity index (χ3v) is 7.65. The Balaban J connectivity index is 3.14. The summed E-state index contributed by atoms with van der Waals surface area (Å²) < 4.78 is 0. The molecule has 0 fully saturated rings. The Bertz CT molecular complexity index is 913. The molecule has 166 valence electrons. The topological polar surface area (TPSA) is 0 Å². The number of hydrogen-bond acceptors (Lipinski definition) is 0. The van der Waals surface area contributed by atoms with E-state index in [4.69, 9.17) is 0 Å². The molecule has 1 heteroatoms. The Morgan fingerprint density at radius 1 is 0.733 bits per heavy atom. The van der Waals surface area contributed by atoms with Gasteiger partial charge in [-0.05, 0) is 119 Å². The average molecular weight is 425 g/mol. The van der Waals surface area contributed by atoms with Crippen LogP contribution in [-0.2, 0) is 6.42 Å². The SMILES string of the molecule is CCCCc1c(C(C)C)c(P)c(C(C)C)c(-c2cc(C)c(C)c(C)c2C)c1C(C)C. The molecule has 2 aromatic rings. The van der Waals surface area contributed by atoms with Crippen LogP contribution in [0.15, 0.2) is 6.07 Å². The lowest BCUT2D eigenvalue weighted by molar-refractivity contribution is 0.738. The molecule has 0 amide bonds. The second-order valence-corrected chi connectivity index (χ2v) is 10.8. The fourth-order valence-electron chi connectivity index (χ4n) is 5.16. The third kappa shape index (κ3) is 4.55. The molecule has 0 heterocycles. The summed E-state index contributed by atoms with van der Waals surface area (Å²) in [7, 11) is 3.17. The molecular formula is C29H45P. The standard InChI is InChI=1S/C29H45P/c1-12-13-14-23-25(16(2)3)28(24-15-19(8)20(9)21(10)22(24)11)27(18(6)7)29(30)26(23)17(4)5/h15-18H,12-14,30H2,1-11H3. The molecule has 0 aromatic heterocycles. The first-order chi connectivity index (χ1) is 13.9. The highest BCUT2D eigenvalue weighted by atomic mass is 31.0. The van der Waals surface area contributed by atoms with Crippen molar-refractivity contribution in [3.05, 3.63) is 50.6 Å².